The van der Waals surface area contributed by atoms with Gasteiger partial charge in [0.05, 0.1) is 18.3 Å². The third-order valence-electron chi connectivity index (χ3n) is 4.37. The SMILES string of the molecule is O=C(C(=O)N1CCO[C@@H](Cc2cccc(C(F)(F)F)c2)C1)c1ccccc1. The van der Waals surface area contributed by atoms with Crippen LogP contribution < -0.4 is 0 Å². The number of halogens is 3. The van der Waals surface area contributed by atoms with Gasteiger partial charge in [0.25, 0.3) is 5.91 Å². The molecule has 7 heteroatoms. The van der Waals surface area contributed by atoms with Gasteiger partial charge >= 0.3 is 6.18 Å². The van der Waals surface area contributed by atoms with Crippen molar-refractivity contribution in [1.82, 2.24) is 4.90 Å². The molecule has 0 aliphatic carbocycles. The lowest BCUT2D eigenvalue weighted by Gasteiger charge is -2.32. The number of amides is 1. The summed E-state index contributed by atoms with van der Waals surface area (Å²) in [5, 5.41) is 0. The van der Waals surface area contributed by atoms with E-state index in [-0.39, 0.29) is 26.1 Å². The second-order valence-electron chi connectivity index (χ2n) is 6.34. The van der Waals surface area contributed by atoms with Gasteiger partial charge in [0.2, 0.25) is 5.78 Å². The van der Waals surface area contributed by atoms with E-state index in [2.05, 4.69) is 0 Å². The predicted molar refractivity (Wildman–Crippen MR) is 92.2 cm³/mol. The van der Waals surface area contributed by atoms with E-state index in [0.717, 1.165) is 12.1 Å². The van der Waals surface area contributed by atoms with E-state index in [1.807, 2.05) is 0 Å². The highest BCUT2D eigenvalue weighted by atomic mass is 19.4. The highest BCUT2D eigenvalue weighted by Crippen LogP contribution is 2.30. The average molecular weight is 377 g/mol. The number of Topliss-reactive ketones (excluding diaryl/α,β-unsaturated/α-hetero) is 1. The number of ketones is 1. The van der Waals surface area contributed by atoms with Gasteiger partial charge in [0, 0.05) is 25.1 Å². The number of hydrogen-bond donors (Lipinski definition) is 0. The highest BCUT2D eigenvalue weighted by molar-refractivity contribution is 6.42. The van der Waals surface area contributed by atoms with Crippen molar-refractivity contribution < 1.29 is 27.5 Å². The molecule has 0 bridgehead atoms. The molecule has 1 amide bonds. The maximum atomic E-state index is 12.8. The van der Waals surface area contributed by atoms with E-state index < -0.39 is 29.5 Å². The van der Waals surface area contributed by atoms with Crippen molar-refractivity contribution in [3.63, 3.8) is 0 Å². The third-order valence-corrected chi connectivity index (χ3v) is 4.37. The first-order valence-corrected chi connectivity index (χ1v) is 8.51. The molecular formula is C20H18F3NO3. The van der Waals surface area contributed by atoms with E-state index >= 15 is 0 Å². The van der Waals surface area contributed by atoms with E-state index in [1.165, 1.54) is 11.0 Å². The Labute approximate surface area is 154 Å². The molecule has 1 heterocycles. The minimum atomic E-state index is -4.41. The summed E-state index contributed by atoms with van der Waals surface area (Å²) in [7, 11) is 0. The summed E-state index contributed by atoms with van der Waals surface area (Å²) in [6.07, 6.45) is -4.64. The van der Waals surface area contributed by atoms with Gasteiger partial charge in [-0.3, -0.25) is 9.59 Å². The Kier molecular flexibility index (Phi) is 5.60. The molecule has 0 unspecified atom stereocenters. The zero-order chi connectivity index (χ0) is 19.4. The minimum absolute atomic E-state index is 0.160. The molecule has 0 N–H and O–H groups in total. The average Bonchev–Trinajstić information content (AvgIpc) is 2.67. The standard InChI is InChI=1S/C20H18F3NO3/c21-20(22,23)16-8-4-5-14(11-16)12-17-13-24(9-10-27-17)19(26)18(25)15-6-2-1-3-7-15/h1-8,11,17H,9-10,12-13H2/t17-/m0/s1. The second kappa shape index (κ2) is 7.92. The second-order valence-corrected chi connectivity index (χ2v) is 6.34. The summed E-state index contributed by atoms with van der Waals surface area (Å²) in [4.78, 5) is 26.2. The first kappa shape index (κ1) is 19.1. The fraction of sp³-hybridized carbons (Fsp3) is 0.300. The van der Waals surface area contributed by atoms with Crippen molar-refractivity contribution in [3.8, 4) is 0 Å². The van der Waals surface area contributed by atoms with Crippen molar-refractivity contribution >= 4 is 11.7 Å². The summed E-state index contributed by atoms with van der Waals surface area (Å²) in [6, 6.07) is 13.3. The van der Waals surface area contributed by atoms with Gasteiger partial charge in [0.1, 0.15) is 0 Å². The fourth-order valence-corrected chi connectivity index (χ4v) is 3.02. The normalized spacial score (nSPS) is 17.6. The molecule has 1 fully saturated rings. The van der Waals surface area contributed by atoms with Crippen LogP contribution in [-0.2, 0) is 22.1 Å². The number of carbonyl (C=O) groups excluding carboxylic acids is 2. The zero-order valence-corrected chi connectivity index (χ0v) is 14.4. The van der Waals surface area contributed by atoms with Gasteiger partial charge in [-0.1, -0.05) is 48.5 Å². The molecule has 1 saturated heterocycles. The molecule has 0 radical (unpaired) electrons. The molecule has 2 aromatic carbocycles. The van der Waals surface area contributed by atoms with E-state index in [1.54, 1.807) is 36.4 Å². The van der Waals surface area contributed by atoms with Crippen LogP contribution in [0, 0.1) is 0 Å². The van der Waals surface area contributed by atoms with E-state index in [4.69, 9.17) is 4.74 Å². The zero-order valence-electron chi connectivity index (χ0n) is 14.4. The number of morpholine rings is 1. The van der Waals surface area contributed by atoms with Crippen LogP contribution in [0.15, 0.2) is 54.6 Å². The molecule has 1 aliphatic heterocycles. The van der Waals surface area contributed by atoms with Crippen molar-refractivity contribution in [2.45, 2.75) is 18.7 Å². The highest BCUT2D eigenvalue weighted by Gasteiger charge is 2.32. The Hall–Kier alpha value is -2.67. The van der Waals surface area contributed by atoms with Crippen molar-refractivity contribution in [2.24, 2.45) is 0 Å². The summed E-state index contributed by atoms with van der Waals surface area (Å²) in [6.45, 7) is 0.668. The molecule has 1 aliphatic rings. The Bertz CT molecular complexity index is 821. The van der Waals surface area contributed by atoms with Crippen LogP contribution in [0.25, 0.3) is 0 Å². The Morgan fingerprint density at radius 2 is 1.81 bits per heavy atom. The number of ether oxygens (including phenoxy) is 1. The summed E-state index contributed by atoms with van der Waals surface area (Å²) in [5.41, 5.74) is 0.0601. The monoisotopic (exact) mass is 377 g/mol. The largest absolute Gasteiger partial charge is 0.416 e. The van der Waals surface area contributed by atoms with Crippen LogP contribution in [0.4, 0.5) is 13.2 Å². The van der Waals surface area contributed by atoms with Crippen LogP contribution in [-0.4, -0.2) is 42.4 Å². The van der Waals surface area contributed by atoms with Crippen LogP contribution in [0.3, 0.4) is 0 Å². The van der Waals surface area contributed by atoms with Crippen molar-refractivity contribution in [2.75, 3.05) is 19.7 Å². The van der Waals surface area contributed by atoms with E-state index in [0.29, 0.717) is 11.1 Å². The molecule has 2 aromatic rings. The number of nitrogens with zero attached hydrogens (tertiary/aromatic N) is 1. The molecule has 0 saturated carbocycles. The Balaban J connectivity index is 1.66. The molecule has 3 rings (SSSR count). The molecule has 142 valence electrons. The quantitative estimate of drug-likeness (QED) is 0.606. The predicted octanol–water partition coefficient (Wildman–Crippen LogP) is 3.36. The maximum absolute atomic E-state index is 12.8. The molecule has 0 aromatic heterocycles. The molecule has 4 nitrogen and oxygen atoms in total. The van der Waals surface area contributed by atoms with E-state index in [9.17, 15) is 22.8 Å². The first-order valence-electron chi connectivity index (χ1n) is 8.51. The number of rotatable bonds is 4. The van der Waals surface area contributed by atoms with Crippen molar-refractivity contribution in [1.29, 1.82) is 0 Å². The van der Waals surface area contributed by atoms with Crippen LogP contribution in [0.2, 0.25) is 0 Å². The molecule has 27 heavy (non-hydrogen) atoms. The lowest BCUT2D eigenvalue weighted by Crippen LogP contribution is -2.48. The third kappa shape index (κ3) is 4.74. The number of alkyl halides is 3. The van der Waals surface area contributed by atoms with Gasteiger partial charge < -0.3 is 9.64 Å². The number of hydrogen-bond acceptors (Lipinski definition) is 3. The van der Waals surface area contributed by atoms with Crippen LogP contribution >= 0.6 is 0 Å². The van der Waals surface area contributed by atoms with Gasteiger partial charge in [0.15, 0.2) is 0 Å². The Morgan fingerprint density at radius 1 is 1.07 bits per heavy atom. The van der Waals surface area contributed by atoms with Gasteiger partial charge in [-0.05, 0) is 11.6 Å². The molecule has 0 spiro atoms. The summed E-state index contributed by atoms with van der Waals surface area (Å²) in [5.74, 6) is -1.23. The summed E-state index contributed by atoms with van der Waals surface area (Å²) >= 11 is 0. The smallest absolute Gasteiger partial charge is 0.374 e. The number of benzene rings is 2. The first-order chi connectivity index (χ1) is 12.8. The van der Waals surface area contributed by atoms with Crippen LogP contribution in [0.5, 0.6) is 0 Å². The van der Waals surface area contributed by atoms with Gasteiger partial charge in [-0.2, -0.15) is 13.2 Å². The Morgan fingerprint density at radius 3 is 2.52 bits per heavy atom. The fourth-order valence-electron chi connectivity index (χ4n) is 3.02. The molecular weight excluding hydrogens is 359 g/mol. The topological polar surface area (TPSA) is 46.6 Å². The minimum Gasteiger partial charge on any atom is -0.374 e. The molecule has 1 atom stereocenters. The lowest BCUT2D eigenvalue weighted by atomic mass is 10.0. The lowest BCUT2D eigenvalue weighted by molar-refractivity contribution is -0.137. The summed E-state index contributed by atoms with van der Waals surface area (Å²) < 4.78 is 44.1. The van der Waals surface area contributed by atoms with Crippen molar-refractivity contribution in [3.05, 3.63) is 71.3 Å². The van der Waals surface area contributed by atoms with Gasteiger partial charge in [-0.25, -0.2) is 0 Å². The maximum Gasteiger partial charge on any atom is 0.416 e. The van der Waals surface area contributed by atoms with Gasteiger partial charge in [-0.15, -0.1) is 0 Å². The van der Waals surface area contributed by atoms with Crippen LogP contribution in [0.1, 0.15) is 21.5 Å². The number of carbonyl (C=O) groups is 2.